The predicted molar refractivity (Wildman–Crippen MR) is 370 cm³/mol. The molecule has 45 atom stereocenters. The lowest BCUT2D eigenvalue weighted by molar-refractivity contribution is -0.385. The maximum Gasteiger partial charge on any atom is 0.317 e. The van der Waals surface area contributed by atoms with E-state index < -0.39 is 323 Å². The highest BCUT2D eigenvalue weighted by Gasteiger charge is 2.73. The van der Waals surface area contributed by atoms with Crippen molar-refractivity contribution in [2.75, 3.05) is 46.2 Å². The molecule has 39 heteroatoms. The van der Waals surface area contributed by atoms with Gasteiger partial charge in [0.2, 0.25) is 6.29 Å². The third-order valence-corrected chi connectivity index (χ3v) is 28.4. The summed E-state index contributed by atoms with van der Waals surface area (Å²) in [6.45, 7) is 10.4. The maximum absolute atomic E-state index is 16.3. The Morgan fingerprint density at radius 2 is 1.04 bits per heavy atom. The molecule has 13 rings (SSSR count). The second kappa shape index (κ2) is 33.3. The van der Waals surface area contributed by atoms with Crippen LogP contribution in [0.3, 0.4) is 0 Å². The Bertz CT molecular complexity index is 3300. The van der Waals surface area contributed by atoms with Crippen LogP contribution < -0.4 is 5.73 Å². The number of allylic oxidation sites excluding steroid dienone is 2. The third-order valence-electron chi connectivity index (χ3n) is 28.4. The maximum atomic E-state index is 16.3. The summed E-state index contributed by atoms with van der Waals surface area (Å²) in [5, 5.41) is 221. The van der Waals surface area contributed by atoms with Crippen molar-refractivity contribution < 1.29 is 188 Å². The molecule has 648 valence electrons. The zero-order chi connectivity index (χ0) is 82.2. The molecule has 8 saturated heterocycles. The highest BCUT2D eigenvalue weighted by atomic mass is 16.8. The van der Waals surface area contributed by atoms with E-state index in [0.717, 1.165) is 11.9 Å². The number of carbonyl (C=O) groups is 2. The number of hydrogen-bond donors (Lipinski definition) is 21. The molecule has 13 aliphatic rings. The molecule has 8 heterocycles. The van der Waals surface area contributed by atoms with Crippen LogP contribution in [0.2, 0.25) is 0 Å². The Kier molecular flexibility index (Phi) is 26.0. The van der Waals surface area contributed by atoms with Crippen LogP contribution in [0.15, 0.2) is 11.6 Å². The average molecular weight is 1630 g/mol. The summed E-state index contributed by atoms with van der Waals surface area (Å²) in [6, 6.07) is -1.51. The number of rotatable bonds is 20. The molecule has 0 aromatic rings. The Hall–Kier alpha value is -2.56. The summed E-state index contributed by atoms with van der Waals surface area (Å²) >= 11 is 0. The first-order valence-electron chi connectivity index (χ1n) is 39.4. The zero-order valence-corrected chi connectivity index (χ0v) is 64.4. The van der Waals surface area contributed by atoms with Crippen molar-refractivity contribution in [2.45, 2.75) is 340 Å². The molecular weight excluding hydrogens is 1510 g/mol. The predicted octanol–water partition coefficient (Wildman–Crippen LogP) is -8.01. The Morgan fingerprint density at radius 1 is 0.504 bits per heavy atom. The minimum Gasteiger partial charge on any atom is -0.432 e. The topological polar surface area (TPSA) is 612 Å². The van der Waals surface area contributed by atoms with E-state index in [-0.39, 0.29) is 25.2 Å². The molecule has 22 N–H and O–H groups in total. The fourth-order valence-corrected chi connectivity index (χ4v) is 21.3. The quantitative estimate of drug-likeness (QED) is 0.0233. The number of aliphatic hydroxyl groups is 20. The van der Waals surface area contributed by atoms with Crippen LogP contribution in [0.1, 0.15) is 113 Å². The number of nitrogens with two attached hydrogens (primary N) is 1. The van der Waals surface area contributed by atoms with E-state index in [1.54, 1.807) is 6.92 Å². The molecule has 5 aliphatic carbocycles. The van der Waals surface area contributed by atoms with Crippen LogP contribution >= 0.6 is 0 Å². The van der Waals surface area contributed by atoms with Gasteiger partial charge in [-0.05, 0) is 111 Å². The van der Waals surface area contributed by atoms with Crippen molar-refractivity contribution in [2.24, 2.45) is 56.0 Å². The summed E-state index contributed by atoms with van der Waals surface area (Å²) < 4.78 is 97.5. The molecule has 8 aliphatic heterocycles. The van der Waals surface area contributed by atoms with E-state index in [1.807, 2.05) is 0 Å². The summed E-state index contributed by atoms with van der Waals surface area (Å²) in [7, 11) is 0. The minimum atomic E-state index is -2.14. The number of esters is 1. The van der Waals surface area contributed by atoms with Gasteiger partial charge in [-0.25, -0.2) is 0 Å². The highest BCUT2D eigenvalue weighted by molar-refractivity contribution is 5.80. The van der Waals surface area contributed by atoms with Gasteiger partial charge in [0, 0.05) is 0 Å². The van der Waals surface area contributed by atoms with Gasteiger partial charge in [-0.15, -0.1) is 0 Å². The fraction of sp³-hybridized carbons (Fsp3) is 0.946. The average Bonchev–Trinajstić information content (AvgIpc) is 0.990. The molecule has 16 unspecified atom stereocenters. The van der Waals surface area contributed by atoms with Gasteiger partial charge in [0.15, 0.2) is 50.1 Å². The van der Waals surface area contributed by atoms with Crippen LogP contribution in [0.4, 0.5) is 0 Å². The van der Waals surface area contributed by atoms with E-state index in [1.165, 1.54) is 13.8 Å². The van der Waals surface area contributed by atoms with Gasteiger partial charge in [-0.2, -0.15) is 0 Å². The smallest absolute Gasteiger partial charge is 0.317 e. The van der Waals surface area contributed by atoms with Gasteiger partial charge in [0.05, 0.1) is 82.1 Å². The first kappa shape index (κ1) is 88.2. The van der Waals surface area contributed by atoms with Gasteiger partial charge in [0.25, 0.3) is 0 Å². The summed E-state index contributed by atoms with van der Waals surface area (Å²) in [4.78, 5) is 30.5. The number of carbonyl (C=O) groups excluding carboxylic acids is 2. The first-order valence-corrected chi connectivity index (χ1v) is 39.4. The van der Waals surface area contributed by atoms with Crippen molar-refractivity contribution in [3.8, 4) is 0 Å². The summed E-state index contributed by atoms with van der Waals surface area (Å²) in [6.07, 6.45) is -53.9. The van der Waals surface area contributed by atoms with E-state index >= 15 is 4.79 Å². The lowest BCUT2D eigenvalue weighted by atomic mass is 9.33. The molecule has 0 radical (unpaired) electrons. The van der Waals surface area contributed by atoms with Crippen molar-refractivity contribution in [3.05, 3.63) is 11.6 Å². The second-order valence-corrected chi connectivity index (χ2v) is 35.7. The number of aldehydes is 1. The third kappa shape index (κ3) is 15.3. The molecule has 0 amide bonds. The molecule has 39 nitrogen and oxygen atoms in total. The molecule has 0 spiro atoms. The van der Waals surface area contributed by atoms with Gasteiger partial charge < -0.3 is 188 Å². The Labute approximate surface area is 651 Å². The van der Waals surface area contributed by atoms with Crippen LogP contribution in [0, 0.1) is 50.2 Å². The van der Waals surface area contributed by atoms with Crippen LogP contribution in [-0.2, 0) is 85.4 Å². The van der Waals surface area contributed by atoms with Gasteiger partial charge >= 0.3 is 5.97 Å². The number of hydrogen-bond acceptors (Lipinski definition) is 39. The molecular formula is C74H119NO38. The standard InChI is InChI=1S/C74H119NO38/c1-27-41(84)44(87)48(91)61(102-27)110-55-40(75)34(19-76)104-65(57(55)112-62-50(93)46(89)52(28(2)103-62)107-60-51(94)53(32(81)22-99-60)108-66-58(95)73(97,25-79)26-101-66)113-67(96)74-16-15-68(3,4)17-30(74)29-9-10-37-69(5)13-12-39(70(6,24-78)36(69)11-14-71(37,7)72(29,8)18-38(74)83)106-64-56(111-63-49(92)45(88)43(86)35(20-77)105-63)54(33(82)23-100-64)109-59-47(90)42(85)31(80)21-98-59/h9,24,27-28,30-66,76-77,79-95,97H,10-23,25-26,75H2,1-8H3/t27?,28?,30?,31-,32-,33-,34?,35?,36-,37?,38?,39+,40+,41+,42+,43+,44+,45+,46?,47?,48?,49?,50+,51-,52+,53?,54+,55?,56?,57-,58?,59+,60+,61+,62+,63+,64+,65+,66+,69?,70-,71+,72-,73+,74-/m1/s1. The van der Waals surface area contributed by atoms with Crippen LogP contribution in [0.5, 0.6) is 0 Å². The van der Waals surface area contributed by atoms with E-state index in [2.05, 4.69) is 40.7 Å². The van der Waals surface area contributed by atoms with Crippen molar-refractivity contribution in [1.82, 2.24) is 0 Å². The van der Waals surface area contributed by atoms with Gasteiger partial charge in [0.1, 0.15) is 152 Å². The lowest BCUT2D eigenvalue weighted by Gasteiger charge is -2.71. The molecule has 0 bridgehead atoms. The first-order chi connectivity index (χ1) is 53.1. The van der Waals surface area contributed by atoms with E-state index in [0.29, 0.717) is 38.5 Å². The van der Waals surface area contributed by atoms with E-state index in [4.69, 9.17) is 81.5 Å². The lowest BCUT2D eigenvalue weighted by Crippen LogP contribution is -2.70. The number of aliphatic hydroxyl groups excluding tert-OH is 19. The van der Waals surface area contributed by atoms with Crippen LogP contribution in [0.25, 0.3) is 0 Å². The monoisotopic (exact) mass is 1630 g/mol. The largest absolute Gasteiger partial charge is 0.432 e. The molecule has 4 saturated carbocycles. The Morgan fingerprint density at radius 3 is 1.68 bits per heavy atom. The van der Waals surface area contributed by atoms with Gasteiger partial charge in [-0.3, -0.25) is 4.79 Å². The molecule has 12 fully saturated rings. The van der Waals surface area contributed by atoms with Crippen LogP contribution in [-0.4, -0.2) is 387 Å². The van der Waals surface area contributed by atoms with Crippen molar-refractivity contribution in [1.29, 1.82) is 0 Å². The number of fused-ring (bicyclic) bond motifs is 7. The van der Waals surface area contributed by atoms with Gasteiger partial charge in [-0.1, -0.05) is 53.2 Å². The Balaban J connectivity index is 0.768. The number of ether oxygens (including phenoxy) is 16. The molecule has 0 aromatic carbocycles. The normalized spacial score (nSPS) is 55.4. The molecule has 0 aromatic heterocycles. The van der Waals surface area contributed by atoms with Crippen molar-refractivity contribution in [3.63, 3.8) is 0 Å². The SMILES string of the molecule is CC1O[C@@H](O[C@@H]2C(O[C@@H]3OC(C)[C@H](O)[C@H](O)C3O)[C@@H](N)C(CO)O[C@H]2OC(=O)[C@]23CCC(C)(C)CC2C2=CCC4C5(C)CC[C@H](O[C@@H]6OC[C@@H](O)[C@H](O[C@@H]7OC[C@@H](O)[C@H](O)C7O)C6O[C@@H]6OC(CO)[C@H](O)[C@H](O)C6O)[C@](C)(C=O)[C@@H]5CC[C@]4(C)[C@]2(C)CC3O)[C@@H](O)C(O)[C@H]1O[C@@H]1OC[C@@H](O)C(O[C@@H]2OC[C@@](O)(CO)C2O)[C@H]1O. The summed E-state index contributed by atoms with van der Waals surface area (Å²) in [5.74, 6) is -2.33. The second-order valence-electron chi connectivity index (χ2n) is 35.7. The summed E-state index contributed by atoms with van der Waals surface area (Å²) in [5.41, 5.74) is -0.0833. The fourth-order valence-electron chi connectivity index (χ4n) is 21.3. The van der Waals surface area contributed by atoms with E-state index in [9.17, 15) is 107 Å². The van der Waals surface area contributed by atoms with Crippen molar-refractivity contribution >= 4 is 12.3 Å². The highest BCUT2D eigenvalue weighted by Crippen LogP contribution is 2.76. The zero-order valence-electron chi connectivity index (χ0n) is 64.4. The minimum absolute atomic E-state index is 0.0115. The molecule has 113 heavy (non-hydrogen) atoms.